The van der Waals surface area contributed by atoms with Crippen LogP contribution in [0.1, 0.15) is 87.2 Å². The van der Waals surface area contributed by atoms with E-state index in [1.165, 1.54) is 6.07 Å². The summed E-state index contributed by atoms with van der Waals surface area (Å²) >= 11 is 6.34. The summed E-state index contributed by atoms with van der Waals surface area (Å²) in [5.41, 5.74) is 4.66. The summed E-state index contributed by atoms with van der Waals surface area (Å²) in [6.45, 7) is 7.89. The van der Waals surface area contributed by atoms with Gasteiger partial charge in [0, 0.05) is 36.2 Å². The summed E-state index contributed by atoms with van der Waals surface area (Å²) in [5, 5.41) is 11.9. The zero-order valence-electron chi connectivity index (χ0n) is 31.1. The molecule has 2 fully saturated rings. The van der Waals surface area contributed by atoms with Crippen molar-refractivity contribution in [3.63, 3.8) is 0 Å². The van der Waals surface area contributed by atoms with Crippen molar-refractivity contribution in [2.75, 3.05) is 11.9 Å². The van der Waals surface area contributed by atoms with Gasteiger partial charge in [-0.25, -0.2) is 9.59 Å². The number of amides is 4. The molecule has 54 heavy (non-hydrogen) atoms. The first-order valence-electron chi connectivity index (χ1n) is 18.6. The number of alkyl carbamates (subject to hydrolysis) is 1. The van der Waals surface area contributed by atoms with Crippen LogP contribution in [-0.2, 0) is 20.7 Å². The monoisotopic (exact) mass is 757 g/mol. The Kier molecular flexibility index (Phi) is 11.8. The van der Waals surface area contributed by atoms with E-state index in [0.29, 0.717) is 36.2 Å². The third kappa shape index (κ3) is 9.90. The Labute approximate surface area is 319 Å². The van der Waals surface area contributed by atoms with Crippen molar-refractivity contribution < 1.29 is 28.3 Å². The smallest absolute Gasteiger partial charge is 0.417 e. The highest BCUT2D eigenvalue weighted by Crippen LogP contribution is 2.30. The first-order valence-corrected chi connectivity index (χ1v) is 19.0. The molecular weight excluding hydrogens is 710 g/mol. The number of oxazole rings is 1. The van der Waals surface area contributed by atoms with E-state index in [-0.39, 0.29) is 46.7 Å². The number of hydrogen-bond acceptors (Lipinski definition) is 7. The Morgan fingerprint density at radius 2 is 1.69 bits per heavy atom. The molecule has 4 amide bonds. The number of fused-ring (bicyclic) bond motifs is 1. The van der Waals surface area contributed by atoms with Gasteiger partial charge >= 0.3 is 11.8 Å². The van der Waals surface area contributed by atoms with Gasteiger partial charge in [0.25, 0.3) is 5.91 Å². The highest BCUT2D eigenvalue weighted by molar-refractivity contribution is 6.35. The van der Waals surface area contributed by atoms with E-state index in [1.807, 2.05) is 70.2 Å². The van der Waals surface area contributed by atoms with Crippen LogP contribution in [0, 0.1) is 18.8 Å². The van der Waals surface area contributed by atoms with E-state index < -0.39 is 29.4 Å². The number of anilines is 1. The molecule has 0 unspecified atom stereocenters. The second-order valence-electron chi connectivity index (χ2n) is 15.5. The number of aromatic amines is 1. The summed E-state index contributed by atoms with van der Waals surface area (Å²) in [7, 11) is 0. The number of carbonyl (C=O) groups excluding carboxylic acids is 4. The van der Waals surface area contributed by atoms with Crippen molar-refractivity contribution in [1.82, 2.24) is 20.9 Å². The molecule has 4 aromatic rings. The zero-order chi connectivity index (χ0) is 38.6. The lowest BCUT2D eigenvalue weighted by atomic mass is 9.81. The highest BCUT2D eigenvalue weighted by Gasteiger charge is 2.31. The molecule has 286 valence electrons. The number of carbonyl (C=O) groups is 4. The van der Waals surface area contributed by atoms with Gasteiger partial charge in [0.2, 0.25) is 11.8 Å². The molecule has 6 rings (SSSR count). The van der Waals surface area contributed by atoms with E-state index in [1.54, 1.807) is 6.07 Å². The second-order valence-corrected chi connectivity index (χ2v) is 15.9. The van der Waals surface area contributed by atoms with Gasteiger partial charge in [-0.3, -0.25) is 19.4 Å². The maximum Gasteiger partial charge on any atom is 0.417 e. The number of hydrogen-bond donors (Lipinski definition) is 5. The van der Waals surface area contributed by atoms with Gasteiger partial charge in [0.05, 0.1) is 10.5 Å². The molecule has 13 heteroatoms. The molecule has 1 aromatic heterocycles. The number of halogens is 1. The Hall–Kier alpha value is -5.10. The molecule has 1 heterocycles. The molecule has 2 aliphatic rings. The third-order valence-corrected chi connectivity index (χ3v) is 10.4. The van der Waals surface area contributed by atoms with Crippen LogP contribution in [-0.4, -0.2) is 53.0 Å². The fraction of sp³-hybridized carbons (Fsp3) is 0.439. The normalized spacial score (nSPS) is 17.9. The maximum atomic E-state index is 13.8. The zero-order valence-corrected chi connectivity index (χ0v) is 31.9. The van der Waals surface area contributed by atoms with Crippen molar-refractivity contribution in [2.24, 2.45) is 11.8 Å². The number of aromatic nitrogens is 1. The Bertz CT molecular complexity index is 2070. The topological polar surface area (TPSA) is 172 Å². The molecule has 0 saturated heterocycles. The standard InChI is InChI=1S/C41H48ClN5O7/c1-23-18-28(37(49)44-29-6-5-7-29)16-17-31(23)26-12-8-24(9-13-26)19-34(38(50)45-30-20-32(42)35-33(21-30)47-40(52)53-35)46-36(48)27-14-10-25(11-15-27)22-43-39(51)54-41(2,3)4/h8-9,12-13,16-18,20-21,25,27,29,34H,5-7,10-11,14-15,19,22H2,1-4H3,(H,43,51)(H,44,49)(H,45,50)(H,46,48)(H,47,52)/t25?,27?,34-/m0/s1. The molecule has 12 nitrogen and oxygen atoms in total. The fourth-order valence-corrected chi connectivity index (χ4v) is 7.25. The molecule has 5 N–H and O–H groups in total. The minimum absolute atomic E-state index is 0.0560. The van der Waals surface area contributed by atoms with Crippen molar-refractivity contribution in [3.05, 3.63) is 86.9 Å². The Morgan fingerprint density at radius 3 is 2.33 bits per heavy atom. The third-order valence-electron chi connectivity index (χ3n) is 10.2. The Morgan fingerprint density at radius 1 is 0.963 bits per heavy atom. The summed E-state index contributed by atoms with van der Waals surface area (Å²) in [6.07, 6.45) is 5.69. The van der Waals surface area contributed by atoms with E-state index in [9.17, 15) is 24.0 Å². The molecule has 2 aliphatic carbocycles. The molecule has 0 aliphatic heterocycles. The number of aryl methyl sites for hydroxylation is 1. The molecule has 1 atom stereocenters. The van der Waals surface area contributed by atoms with Crippen molar-refractivity contribution in [1.29, 1.82) is 0 Å². The largest absolute Gasteiger partial charge is 0.444 e. The van der Waals surface area contributed by atoms with E-state index >= 15 is 0 Å². The van der Waals surface area contributed by atoms with Crippen molar-refractivity contribution in [3.8, 4) is 11.1 Å². The van der Waals surface area contributed by atoms with Crippen LogP contribution in [0.15, 0.2) is 63.8 Å². The van der Waals surface area contributed by atoms with Crippen LogP contribution in [0.3, 0.4) is 0 Å². The average molecular weight is 758 g/mol. The van der Waals surface area contributed by atoms with Crippen LogP contribution in [0.2, 0.25) is 5.02 Å². The number of rotatable bonds is 11. The van der Waals surface area contributed by atoms with Gasteiger partial charge in [-0.1, -0.05) is 41.9 Å². The van der Waals surface area contributed by atoms with Gasteiger partial charge in [-0.15, -0.1) is 0 Å². The van der Waals surface area contributed by atoms with Crippen LogP contribution >= 0.6 is 11.6 Å². The first kappa shape index (κ1) is 38.6. The van der Waals surface area contributed by atoms with Gasteiger partial charge in [-0.05, 0) is 125 Å². The average Bonchev–Trinajstić information content (AvgIpc) is 3.49. The fourth-order valence-electron chi connectivity index (χ4n) is 7.00. The molecule has 0 spiro atoms. The summed E-state index contributed by atoms with van der Waals surface area (Å²) < 4.78 is 10.4. The maximum absolute atomic E-state index is 13.8. The lowest BCUT2D eigenvalue weighted by molar-refractivity contribution is -0.130. The summed E-state index contributed by atoms with van der Waals surface area (Å²) in [4.78, 5) is 66.7. The minimum atomic E-state index is -0.928. The van der Waals surface area contributed by atoms with Crippen molar-refractivity contribution >= 4 is 52.2 Å². The van der Waals surface area contributed by atoms with E-state index in [4.69, 9.17) is 20.8 Å². The van der Waals surface area contributed by atoms with E-state index in [2.05, 4.69) is 26.3 Å². The number of ether oxygens (including phenoxy) is 1. The van der Waals surface area contributed by atoms with E-state index in [0.717, 1.165) is 54.4 Å². The van der Waals surface area contributed by atoms with Crippen molar-refractivity contribution in [2.45, 2.75) is 96.7 Å². The predicted molar refractivity (Wildman–Crippen MR) is 208 cm³/mol. The highest BCUT2D eigenvalue weighted by atomic mass is 35.5. The summed E-state index contributed by atoms with van der Waals surface area (Å²) in [6, 6.07) is 15.9. The lowest BCUT2D eigenvalue weighted by Gasteiger charge is -2.29. The number of H-pyrrole nitrogens is 1. The predicted octanol–water partition coefficient (Wildman–Crippen LogP) is 7.03. The SMILES string of the molecule is Cc1cc(C(=O)NC2CCC2)ccc1-c1ccc(C[C@H](NC(=O)C2CCC(CNC(=O)OC(C)(C)C)CC2)C(=O)Nc2cc(Cl)c3oc(=O)[nH]c3c2)cc1. The van der Waals surface area contributed by atoms with Crippen LogP contribution < -0.4 is 27.0 Å². The Balaban J connectivity index is 1.13. The number of benzene rings is 3. The molecule has 0 bridgehead atoms. The van der Waals surface area contributed by atoms with Crippen LogP contribution in [0.5, 0.6) is 0 Å². The lowest BCUT2D eigenvalue weighted by Crippen LogP contribution is -2.48. The minimum Gasteiger partial charge on any atom is -0.444 e. The summed E-state index contributed by atoms with van der Waals surface area (Å²) in [5.74, 6) is -1.45. The molecule has 3 aromatic carbocycles. The van der Waals surface area contributed by atoms with Crippen LogP contribution in [0.25, 0.3) is 22.2 Å². The van der Waals surface area contributed by atoms with Gasteiger partial charge < -0.3 is 30.4 Å². The van der Waals surface area contributed by atoms with Crippen LogP contribution in [0.4, 0.5) is 10.5 Å². The van der Waals surface area contributed by atoms with Gasteiger partial charge in [0.15, 0.2) is 5.58 Å². The van der Waals surface area contributed by atoms with Gasteiger partial charge in [0.1, 0.15) is 11.6 Å². The number of nitrogens with one attached hydrogen (secondary N) is 5. The van der Waals surface area contributed by atoms with Gasteiger partial charge in [-0.2, -0.15) is 0 Å². The first-order chi connectivity index (χ1) is 25.7. The molecule has 2 saturated carbocycles. The molecule has 0 radical (unpaired) electrons. The quantitative estimate of drug-likeness (QED) is 0.109. The molecular formula is C41H48ClN5O7. The second kappa shape index (κ2) is 16.5.